The normalized spacial score (nSPS) is 18.9. The van der Waals surface area contributed by atoms with Crippen LogP contribution in [0.2, 0.25) is 0 Å². The van der Waals surface area contributed by atoms with E-state index < -0.39 is 0 Å². The molecule has 1 aliphatic heterocycles. The van der Waals surface area contributed by atoms with E-state index in [4.69, 9.17) is 9.47 Å². The van der Waals surface area contributed by atoms with E-state index in [1.807, 2.05) is 0 Å². The van der Waals surface area contributed by atoms with Gasteiger partial charge in [-0.2, -0.15) is 0 Å². The van der Waals surface area contributed by atoms with Crippen molar-refractivity contribution in [2.75, 3.05) is 13.2 Å². The first-order valence-corrected chi connectivity index (χ1v) is 6.10. The second-order valence-electron chi connectivity index (χ2n) is 4.16. The molecule has 1 aliphatic rings. The Bertz CT molecular complexity index is 176. The highest BCUT2D eigenvalue weighted by Crippen LogP contribution is 2.10. The fourth-order valence-corrected chi connectivity index (χ4v) is 1.47. The number of epoxide rings is 1. The fraction of sp³-hybridized carbons (Fsp3) is 0.917. The van der Waals surface area contributed by atoms with Gasteiger partial charge in [-0.3, -0.25) is 4.79 Å². The van der Waals surface area contributed by atoms with Crippen molar-refractivity contribution in [3.05, 3.63) is 0 Å². The van der Waals surface area contributed by atoms with E-state index in [0.717, 1.165) is 19.4 Å². The standard InChI is InChI=1S/C12H22O3/c1-2-3-4-5-6-7-8-12(13)15-10-11-9-14-11/h11H,2-10H2,1H3. The van der Waals surface area contributed by atoms with Gasteiger partial charge in [-0.1, -0.05) is 39.0 Å². The van der Waals surface area contributed by atoms with Gasteiger partial charge < -0.3 is 9.47 Å². The molecule has 3 nitrogen and oxygen atoms in total. The third-order valence-electron chi connectivity index (χ3n) is 2.57. The quantitative estimate of drug-likeness (QED) is 0.336. The Morgan fingerprint density at radius 2 is 1.93 bits per heavy atom. The Balaban J connectivity index is 1.79. The molecule has 0 N–H and O–H groups in total. The molecule has 1 rings (SSSR count). The number of hydrogen-bond acceptors (Lipinski definition) is 3. The van der Waals surface area contributed by atoms with Crippen molar-refractivity contribution in [3.8, 4) is 0 Å². The minimum Gasteiger partial charge on any atom is -0.463 e. The van der Waals surface area contributed by atoms with Crippen LogP contribution in [0, 0.1) is 0 Å². The Kier molecular flexibility index (Phi) is 6.41. The average molecular weight is 214 g/mol. The molecule has 1 atom stereocenters. The van der Waals surface area contributed by atoms with Crippen molar-refractivity contribution < 1.29 is 14.3 Å². The molecule has 0 spiro atoms. The molecule has 0 radical (unpaired) electrons. The van der Waals surface area contributed by atoms with Gasteiger partial charge in [-0.15, -0.1) is 0 Å². The van der Waals surface area contributed by atoms with Gasteiger partial charge in [0.1, 0.15) is 12.7 Å². The Labute approximate surface area is 92.1 Å². The number of ether oxygens (including phenoxy) is 2. The van der Waals surface area contributed by atoms with Crippen LogP contribution in [0.1, 0.15) is 51.9 Å². The average Bonchev–Trinajstić information content (AvgIpc) is 3.04. The van der Waals surface area contributed by atoms with Crippen LogP contribution in [0.5, 0.6) is 0 Å². The summed E-state index contributed by atoms with van der Waals surface area (Å²) in [6.07, 6.45) is 7.99. The van der Waals surface area contributed by atoms with E-state index in [2.05, 4.69) is 6.92 Å². The van der Waals surface area contributed by atoms with Crippen LogP contribution in [0.25, 0.3) is 0 Å². The van der Waals surface area contributed by atoms with Crippen molar-refractivity contribution in [1.29, 1.82) is 0 Å². The summed E-state index contributed by atoms with van der Waals surface area (Å²) < 4.78 is 9.98. The maximum atomic E-state index is 11.2. The first-order chi connectivity index (χ1) is 7.33. The first-order valence-electron chi connectivity index (χ1n) is 6.10. The summed E-state index contributed by atoms with van der Waals surface area (Å²) in [5.41, 5.74) is 0. The molecule has 1 fully saturated rings. The molecule has 0 saturated carbocycles. The summed E-state index contributed by atoms with van der Waals surface area (Å²) in [4.78, 5) is 11.2. The predicted molar refractivity (Wildman–Crippen MR) is 58.7 cm³/mol. The molecule has 0 aliphatic carbocycles. The highest BCUT2D eigenvalue weighted by Gasteiger charge is 2.23. The van der Waals surface area contributed by atoms with Crippen molar-refractivity contribution in [3.63, 3.8) is 0 Å². The number of unbranched alkanes of at least 4 members (excludes halogenated alkanes) is 5. The van der Waals surface area contributed by atoms with Gasteiger partial charge >= 0.3 is 5.97 Å². The molecule has 0 bridgehead atoms. The Hall–Kier alpha value is -0.570. The third-order valence-corrected chi connectivity index (χ3v) is 2.57. The molecule has 1 heterocycles. The zero-order chi connectivity index (χ0) is 10.9. The molecule has 3 heteroatoms. The van der Waals surface area contributed by atoms with E-state index in [1.165, 1.54) is 25.7 Å². The summed E-state index contributed by atoms with van der Waals surface area (Å²) in [6.45, 7) is 3.41. The van der Waals surface area contributed by atoms with Crippen LogP contribution in [-0.2, 0) is 14.3 Å². The molecule has 1 unspecified atom stereocenters. The van der Waals surface area contributed by atoms with Gasteiger partial charge in [0.2, 0.25) is 0 Å². The van der Waals surface area contributed by atoms with Gasteiger partial charge in [0.25, 0.3) is 0 Å². The maximum Gasteiger partial charge on any atom is 0.305 e. The summed E-state index contributed by atoms with van der Waals surface area (Å²) >= 11 is 0. The molecule has 1 saturated heterocycles. The lowest BCUT2D eigenvalue weighted by Gasteiger charge is -2.02. The monoisotopic (exact) mass is 214 g/mol. The lowest BCUT2D eigenvalue weighted by atomic mass is 10.1. The number of carbonyl (C=O) groups excluding carboxylic acids is 1. The Morgan fingerprint density at radius 3 is 2.60 bits per heavy atom. The molecular weight excluding hydrogens is 192 g/mol. The molecule has 15 heavy (non-hydrogen) atoms. The number of hydrogen-bond donors (Lipinski definition) is 0. The van der Waals surface area contributed by atoms with Gasteiger partial charge in [-0.05, 0) is 6.42 Å². The van der Waals surface area contributed by atoms with Gasteiger partial charge in [0.05, 0.1) is 6.61 Å². The highest BCUT2D eigenvalue weighted by atomic mass is 16.6. The largest absolute Gasteiger partial charge is 0.463 e. The fourth-order valence-electron chi connectivity index (χ4n) is 1.47. The minimum atomic E-state index is -0.0685. The number of rotatable bonds is 9. The minimum absolute atomic E-state index is 0.0685. The van der Waals surface area contributed by atoms with Crippen molar-refractivity contribution >= 4 is 5.97 Å². The molecule has 0 aromatic carbocycles. The van der Waals surface area contributed by atoms with Crippen LogP contribution < -0.4 is 0 Å². The van der Waals surface area contributed by atoms with Crippen molar-refractivity contribution in [2.24, 2.45) is 0 Å². The summed E-state index contributed by atoms with van der Waals surface area (Å²) in [5.74, 6) is -0.0685. The van der Waals surface area contributed by atoms with E-state index in [1.54, 1.807) is 0 Å². The topological polar surface area (TPSA) is 38.8 Å². The lowest BCUT2D eigenvalue weighted by Crippen LogP contribution is -2.09. The number of esters is 1. The van der Waals surface area contributed by atoms with Crippen LogP contribution in [0.3, 0.4) is 0 Å². The molecule has 0 amide bonds. The van der Waals surface area contributed by atoms with Crippen LogP contribution in [-0.4, -0.2) is 25.3 Å². The van der Waals surface area contributed by atoms with Crippen molar-refractivity contribution in [1.82, 2.24) is 0 Å². The van der Waals surface area contributed by atoms with E-state index in [9.17, 15) is 4.79 Å². The van der Waals surface area contributed by atoms with Gasteiger partial charge in [0, 0.05) is 6.42 Å². The van der Waals surface area contributed by atoms with E-state index in [-0.39, 0.29) is 12.1 Å². The second kappa shape index (κ2) is 7.69. The van der Waals surface area contributed by atoms with E-state index in [0.29, 0.717) is 13.0 Å². The predicted octanol–water partition coefficient (Wildman–Crippen LogP) is 2.68. The van der Waals surface area contributed by atoms with Gasteiger partial charge in [-0.25, -0.2) is 0 Å². The zero-order valence-electron chi connectivity index (χ0n) is 9.67. The van der Waals surface area contributed by atoms with Crippen LogP contribution in [0.15, 0.2) is 0 Å². The summed E-state index contributed by atoms with van der Waals surface area (Å²) in [7, 11) is 0. The van der Waals surface area contributed by atoms with Crippen LogP contribution in [0.4, 0.5) is 0 Å². The maximum absolute atomic E-state index is 11.2. The molecule has 88 valence electrons. The summed E-state index contributed by atoms with van der Waals surface area (Å²) in [5, 5.41) is 0. The van der Waals surface area contributed by atoms with Gasteiger partial charge in [0.15, 0.2) is 0 Å². The number of carbonyl (C=O) groups is 1. The summed E-state index contributed by atoms with van der Waals surface area (Å²) in [6, 6.07) is 0. The lowest BCUT2D eigenvalue weighted by molar-refractivity contribution is -0.144. The van der Waals surface area contributed by atoms with E-state index >= 15 is 0 Å². The zero-order valence-corrected chi connectivity index (χ0v) is 9.67. The molecule has 0 aromatic rings. The molecule has 0 aromatic heterocycles. The third kappa shape index (κ3) is 7.37. The molecular formula is C12H22O3. The Morgan fingerprint density at radius 1 is 1.27 bits per heavy atom. The smallest absolute Gasteiger partial charge is 0.305 e. The van der Waals surface area contributed by atoms with Crippen LogP contribution >= 0.6 is 0 Å². The first kappa shape index (κ1) is 12.5. The van der Waals surface area contributed by atoms with Crippen molar-refractivity contribution in [2.45, 2.75) is 58.0 Å². The second-order valence-corrected chi connectivity index (χ2v) is 4.16. The SMILES string of the molecule is CCCCCCCCC(=O)OCC1CO1. The highest BCUT2D eigenvalue weighted by molar-refractivity contribution is 5.69.